The van der Waals surface area contributed by atoms with E-state index in [0.717, 1.165) is 43.4 Å². The Bertz CT molecular complexity index is 1170. The third kappa shape index (κ3) is 5.55. The summed E-state index contributed by atoms with van der Waals surface area (Å²) in [5.41, 5.74) is -0.282. The largest absolute Gasteiger partial charge is 0.432 e. The lowest BCUT2D eigenvalue weighted by Crippen LogP contribution is -2.25. The topological polar surface area (TPSA) is 9.23 Å². The standard InChI is InChI=1S/C29H28F6O/c1-3-4-5-18-6-7-21(12-18)19-8-10-20(11-9-19)22-13-26(32)28(27(33)14-22)29(34,35)36-23-15-24(30)17(2)25(31)16-23/h8-11,13-16,18,21H,3-7,12H2,1-2H3. The zero-order chi connectivity index (χ0) is 26.0. The smallest absolute Gasteiger partial charge is 0.429 e. The van der Waals surface area contributed by atoms with Gasteiger partial charge in [0.25, 0.3) is 0 Å². The number of rotatable bonds is 8. The fraction of sp³-hybridized carbons (Fsp3) is 0.379. The summed E-state index contributed by atoms with van der Waals surface area (Å²) in [4.78, 5) is 0. The van der Waals surface area contributed by atoms with Gasteiger partial charge in [-0.15, -0.1) is 0 Å². The second-order valence-corrected chi connectivity index (χ2v) is 9.59. The van der Waals surface area contributed by atoms with E-state index in [1.807, 2.05) is 12.1 Å². The molecule has 192 valence electrons. The van der Waals surface area contributed by atoms with Gasteiger partial charge in [-0.05, 0) is 66.8 Å². The molecule has 3 aromatic carbocycles. The monoisotopic (exact) mass is 506 g/mol. The SMILES string of the molecule is CCCCC1CCC(c2ccc(-c3cc(F)c(C(F)(F)Oc4cc(F)c(C)c(F)c4)c(F)c3)cc2)C1. The van der Waals surface area contributed by atoms with Gasteiger partial charge in [0.1, 0.15) is 34.6 Å². The molecule has 0 heterocycles. The summed E-state index contributed by atoms with van der Waals surface area (Å²) in [6, 6.07) is 9.98. The van der Waals surface area contributed by atoms with E-state index in [1.54, 1.807) is 12.1 Å². The predicted octanol–water partition coefficient (Wildman–Crippen LogP) is 9.42. The molecule has 0 N–H and O–H groups in total. The number of unbranched alkanes of at least 4 members (excludes halogenated alkanes) is 1. The maximum absolute atomic E-state index is 14.7. The molecule has 1 saturated carbocycles. The normalized spacial score (nSPS) is 18.0. The molecular formula is C29H28F6O. The highest BCUT2D eigenvalue weighted by Crippen LogP contribution is 2.41. The number of alkyl halides is 2. The minimum absolute atomic E-state index is 0.0933. The van der Waals surface area contributed by atoms with Gasteiger partial charge in [0.05, 0.1) is 0 Å². The summed E-state index contributed by atoms with van der Waals surface area (Å²) in [6.07, 6.45) is 2.58. The maximum atomic E-state index is 14.7. The zero-order valence-electron chi connectivity index (χ0n) is 20.2. The first-order valence-electron chi connectivity index (χ1n) is 12.2. The molecule has 1 fully saturated rings. The average molecular weight is 507 g/mol. The minimum atomic E-state index is -4.50. The molecule has 0 aliphatic heterocycles. The van der Waals surface area contributed by atoms with E-state index < -0.39 is 40.7 Å². The summed E-state index contributed by atoms with van der Waals surface area (Å²) in [7, 11) is 0. The van der Waals surface area contributed by atoms with Crippen molar-refractivity contribution >= 4 is 0 Å². The van der Waals surface area contributed by atoms with Gasteiger partial charge in [-0.25, -0.2) is 17.6 Å². The van der Waals surface area contributed by atoms with Crippen LogP contribution in [-0.4, -0.2) is 0 Å². The fourth-order valence-electron chi connectivity index (χ4n) is 4.98. The predicted molar refractivity (Wildman–Crippen MR) is 127 cm³/mol. The number of hydrogen-bond acceptors (Lipinski definition) is 1. The number of ether oxygens (including phenoxy) is 1. The molecule has 2 atom stereocenters. The van der Waals surface area contributed by atoms with Gasteiger partial charge >= 0.3 is 6.11 Å². The lowest BCUT2D eigenvalue weighted by molar-refractivity contribution is -0.189. The van der Waals surface area contributed by atoms with Crippen molar-refractivity contribution < 1.29 is 31.1 Å². The molecule has 0 radical (unpaired) electrons. The second-order valence-electron chi connectivity index (χ2n) is 9.59. The highest BCUT2D eigenvalue weighted by molar-refractivity contribution is 5.64. The first-order valence-corrected chi connectivity index (χ1v) is 12.2. The number of halogens is 6. The Morgan fingerprint density at radius 2 is 1.44 bits per heavy atom. The van der Waals surface area contributed by atoms with E-state index in [-0.39, 0.29) is 11.1 Å². The molecule has 0 spiro atoms. The quantitative estimate of drug-likeness (QED) is 0.277. The molecule has 1 aliphatic rings. The average Bonchev–Trinajstić information content (AvgIpc) is 3.29. The number of benzene rings is 3. The molecule has 2 unspecified atom stereocenters. The molecule has 1 nitrogen and oxygen atoms in total. The van der Waals surface area contributed by atoms with Crippen LogP contribution in [0.3, 0.4) is 0 Å². The third-order valence-corrected chi connectivity index (χ3v) is 7.06. The molecule has 1 aliphatic carbocycles. The number of hydrogen-bond donors (Lipinski definition) is 0. The Morgan fingerprint density at radius 3 is 2.03 bits per heavy atom. The molecule has 4 rings (SSSR count). The Kier molecular flexibility index (Phi) is 7.67. The molecule has 0 aromatic heterocycles. The highest BCUT2D eigenvalue weighted by atomic mass is 19.3. The van der Waals surface area contributed by atoms with Crippen LogP contribution in [0.5, 0.6) is 5.75 Å². The van der Waals surface area contributed by atoms with E-state index in [1.165, 1.54) is 25.7 Å². The molecule has 7 heteroatoms. The van der Waals surface area contributed by atoms with Crippen LogP contribution >= 0.6 is 0 Å². The highest BCUT2D eigenvalue weighted by Gasteiger charge is 2.41. The van der Waals surface area contributed by atoms with E-state index in [9.17, 15) is 26.3 Å². The van der Waals surface area contributed by atoms with E-state index in [2.05, 4.69) is 11.7 Å². The molecule has 3 aromatic rings. The van der Waals surface area contributed by atoms with Crippen molar-refractivity contribution in [3.63, 3.8) is 0 Å². The Balaban J connectivity index is 1.53. The first kappa shape index (κ1) is 26.1. The van der Waals surface area contributed by atoms with Gasteiger partial charge in [0.2, 0.25) is 0 Å². The van der Waals surface area contributed by atoms with Gasteiger partial charge in [-0.2, -0.15) is 8.78 Å². The van der Waals surface area contributed by atoms with Crippen LogP contribution in [0.2, 0.25) is 0 Å². The molecule has 0 bridgehead atoms. The lowest BCUT2D eigenvalue weighted by Gasteiger charge is -2.20. The van der Waals surface area contributed by atoms with Crippen LogP contribution in [0.25, 0.3) is 11.1 Å². The summed E-state index contributed by atoms with van der Waals surface area (Å²) >= 11 is 0. The summed E-state index contributed by atoms with van der Waals surface area (Å²) in [5, 5.41) is 0. The Morgan fingerprint density at radius 1 is 0.833 bits per heavy atom. The van der Waals surface area contributed by atoms with Gasteiger partial charge < -0.3 is 4.74 Å². The first-order chi connectivity index (χ1) is 17.1. The van der Waals surface area contributed by atoms with Crippen molar-refractivity contribution in [2.24, 2.45) is 5.92 Å². The van der Waals surface area contributed by atoms with Crippen molar-refractivity contribution in [2.75, 3.05) is 0 Å². The van der Waals surface area contributed by atoms with Crippen LogP contribution < -0.4 is 4.74 Å². The fourth-order valence-corrected chi connectivity index (χ4v) is 4.98. The van der Waals surface area contributed by atoms with Gasteiger partial charge in [0.15, 0.2) is 0 Å². The van der Waals surface area contributed by atoms with E-state index in [4.69, 9.17) is 0 Å². The van der Waals surface area contributed by atoms with Crippen LogP contribution in [0, 0.1) is 36.1 Å². The Hall–Kier alpha value is -2.96. The van der Waals surface area contributed by atoms with Gasteiger partial charge in [-0.1, -0.05) is 50.5 Å². The van der Waals surface area contributed by atoms with Crippen LogP contribution in [0.15, 0.2) is 48.5 Å². The van der Waals surface area contributed by atoms with Gasteiger partial charge in [-0.3, -0.25) is 0 Å². The van der Waals surface area contributed by atoms with Crippen molar-refractivity contribution in [3.05, 3.63) is 88.5 Å². The van der Waals surface area contributed by atoms with Crippen molar-refractivity contribution in [1.82, 2.24) is 0 Å². The molecule has 0 amide bonds. The van der Waals surface area contributed by atoms with Crippen molar-refractivity contribution in [2.45, 2.75) is 64.4 Å². The third-order valence-electron chi connectivity index (χ3n) is 7.06. The van der Waals surface area contributed by atoms with Crippen LogP contribution in [0.1, 0.15) is 68.1 Å². The zero-order valence-corrected chi connectivity index (χ0v) is 20.2. The van der Waals surface area contributed by atoms with E-state index in [0.29, 0.717) is 23.6 Å². The Labute approximate surface area is 207 Å². The van der Waals surface area contributed by atoms with Gasteiger partial charge in [0, 0.05) is 17.7 Å². The minimum Gasteiger partial charge on any atom is -0.429 e. The summed E-state index contributed by atoms with van der Waals surface area (Å²) < 4.78 is 90.5. The van der Waals surface area contributed by atoms with E-state index >= 15 is 0 Å². The molecule has 0 saturated heterocycles. The van der Waals surface area contributed by atoms with Crippen molar-refractivity contribution in [1.29, 1.82) is 0 Å². The van der Waals surface area contributed by atoms with Crippen LogP contribution in [0.4, 0.5) is 26.3 Å². The summed E-state index contributed by atoms with van der Waals surface area (Å²) in [6.45, 7) is 3.30. The second kappa shape index (κ2) is 10.6. The maximum Gasteiger partial charge on any atom is 0.432 e. The van der Waals surface area contributed by atoms with Crippen LogP contribution in [-0.2, 0) is 6.11 Å². The molecule has 36 heavy (non-hydrogen) atoms. The molecular weight excluding hydrogens is 478 g/mol. The lowest BCUT2D eigenvalue weighted by atomic mass is 9.93. The summed E-state index contributed by atoms with van der Waals surface area (Å²) in [5.74, 6) is -5.00. The van der Waals surface area contributed by atoms with Crippen molar-refractivity contribution in [3.8, 4) is 16.9 Å².